The predicted molar refractivity (Wildman–Crippen MR) is 77.3 cm³/mol. The Kier molecular flexibility index (Phi) is 3.49. The standard InChI is InChI=1S/C16H20O5/c1-7(2)12-15(21-5)14(19)11-9(16(12,4)20)6-10(17)8(3)13(11)18/h6-7,17-18,20H,1-5H3/t16-/m0/s1. The van der Waals surface area contributed by atoms with Gasteiger partial charge in [0.15, 0.2) is 5.76 Å². The van der Waals surface area contributed by atoms with Crippen molar-refractivity contribution < 1.29 is 24.9 Å². The second-order valence-electron chi connectivity index (χ2n) is 5.79. The summed E-state index contributed by atoms with van der Waals surface area (Å²) < 4.78 is 5.19. The summed E-state index contributed by atoms with van der Waals surface area (Å²) in [5, 5.41) is 31.0. The van der Waals surface area contributed by atoms with Crippen molar-refractivity contribution in [3.63, 3.8) is 0 Å². The average molecular weight is 292 g/mol. The van der Waals surface area contributed by atoms with E-state index < -0.39 is 11.4 Å². The summed E-state index contributed by atoms with van der Waals surface area (Å²) in [6.45, 7) is 6.71. The number of ether oxygens (including phenoxy) is 1. The normalized spacial score (nSPS) is 21.8. The molecule has 0 amide bonds. The number of rotatable bonds is 2. The van der Waals surface area contributed by atoms with Gasteiger partial charge in [-0.3, -0.25) is 4.79 Å². The molecule has 1 atom stereocenters. The summed E-state index contributed by atoms with van der Waals surface area (Å²) in [7, 11) is 1.36. The molecule has 0 bridgehead atoms. The number of allylic oxidation sites excluding steroid dienone is 1. The minimum Gasteiger partial charge on any atom is -0.508 e. The molecule has 0 radical (unpaired) electrons. The van der Waals surface area contributed by atoms with Crippen LogP contribution in [0.2, 0.25) is 0 Å². The van der Waals surface area contributed by atoms with Gasteiger partial charge in [0.2, 0.25) is 5.78 Å². The molecule has 0 heterocycles. The SMILES string of the molecule is COC1=C(C(C)C)[C@@](C)(O)c2cc(O)c(C)c(O)c2C1=O. The zero-order valence-corrected chi connectivity index (χ0v) is 12.8. The lowest BCUT2D eigenvalue weighted by Gasteiger charge is -2.36. The van der Waals surface area contributed by atoms with Gasteiger partial charge in [-0.05, 0) is 25.8 Å². The second kappa shape index (κ2) is 4.77. The molecule has 0 spiro atoms. The number of hydrogen-bond donors (Lipinski definition) is 3. The van der Waals surface area contributed by atoms with E-state index in [2.05, 4.69) is 0 Å². The quantitative estimate of drug-likeness (QED) is 0.779. The van der Waals surface area contributed by atoms with Gasteiger partial charge in [-0.2, -0.15) is 0 Å². The van der Waals surface area contributed by atoms with E-state index in [0.717, 1.165) is 0 Å². The molecular weight excluding hydrogens is 272 g/mol. The molecule has 114 valence electrons. The summed E-state index contributed by atoms with van der Waals surface area (Å²) in [4.78, 5) is 12.6. The number of aromatic hydroxyl groups is 2. The van der Waals surface area contributed by atoms with Gasteiger partial charge in [0.05, 0.1) is 12.7 Å². The van der Waals surface area contributed by atoms with E-state index in [9.17, 15) is 20.1 Å². The average Bonchev–Trinajstić information content (AvgIpc) is 2.38. The van der Waals surface area contributed by atoms with Gasteiger partial charge in [0.25, 0.3) is 0 Å². The van der Waals surface area contributed by atoms with Gasteiger partial charge in [0, 0.05) is 16.7 Å². The van der Waals surface area contributed by atoms with Crippen molar-refractivity contribution >= 4 is 5.78 Å². The predicted octanol–water partition coefficient (Wildman–Crippen LogP) is 2.37. The number of aliphatic hydroxyl groups is 1. The minimum absolute atomic E-state index is 0.0171. The third-order valence-corrected chi connectivity index (χ3v) is 4.03. The second-order valence-corrected chi connectivity index (χ2v) is 5.79. The molecule has 0 aromatic heterocycles. The summed E-state index contributed by atoms with van der Waals surface area (Å²) in [6.07, 6.45) is 0. The first-order valence-electron chi connectivity index (χ1n) is 6.76. The minimum atomic E-state index is -1.51. The van der Waals surface area contributed by atoms with E-state index in [4.69, 9.17) is 4.74 Å². The first kappa shape index (κ1) is 15.4. The highest BCUT2D eigenvalue weighted by atomic mass is 16.5. The Morgan fingerprint density at radius 1 is 1.29 bits per heavy atom. The lowest BCUT2D eigenvalue weighted by atomic mass is 9.73. The number of fused-ring (bicyclic) bond motifs is 1. The van der Waals surface area contributed by atoms with E-state index in [-0.39, 0.29) is 39.9 Å². The van der Waals surface area contributed by atoms with E-state index in [0.29, 0.717) is 5.57 Å². The number of hydrogen-bond acceptors (Lipinski definition) is 5. The molecule has 1 aromatic rings. The Morgan fingerprint density at radius 2 is 1.86 bits per heavy atom. The molecule has 0 unspecified atom stereocenters. The summed E-state index contributed by atoms with van der Waals surface area (Å²) in [5.74, 6) is -1.07. The molecule has 1 aliphatic carbocycles. The highest BCUT2D eigenvalue weighted by Crippen LogP contribution is 2.47. The van der Waals surface area contributed by atoms with Crippen molar-refractivity contribution in [3.05, 3.63) is 34.1 Å². The number of carbonyl (C=O) groups excluding carboxylic acids is 1. The number of methoxy groups -OCH3 is 1. The molecule has 21 heavy (non-hydrogen) atoms. The summed E-state index contributed by atoms with van der Waals surface area (Å²) in [5.41, 5.74) is -0.702. The smallest absolute Gasteiger partial charge is 0.231 e. The van der Waals surface area contributed by atoms with Crippen molar-refractivity contribution in [1.82, 2.24) is 0 Å². The monoisotopic (exact) mass is 292 g/mol. The first-order valence-corrected chi connectivity index (χ1v) is 6.76. The number of Topliss-reactive ketones (excluding diaryl/α,β-unsaturated/α-hetero) is 1. The fraction of sp³-hybridized carbons (Fsp3) is 0.438. The fourth-order valence-electron chi connectivity index (χ4n) is 3.00. The Hall–Kier alpha value is -2.01. The van der Waals surface area contributed by atoms with Gasteiger partial charge in [-0.25, -0.2) is 0 Å². The summed E-state index contributed by atoms with van der Waals surface area (Å²) in [6, 6.07) is 1.33. The van der Waals surface area contributed by atoms with Crippen LogP contribution in [-0.2, 0) is 10.3 Å². The number of benzene rings is 1. The van der Waals surface area contributed by atoms with Crippen LogP contribution < -0.4 is 0 Å². The first-order chi connectivity index (χ1) is 9.64. The van der Waals surface area contributed by atoms with E-state index >= 15 is 0 Å². The van der Waals surface area contributed by atoms with Crippen LogP contribution in [0.4, 0.5) is 0 Å². The topological polar surface area (TPSA) is 87.0 Å². The fourth-order valence-corrected chi connectivity index (χ4v) is 3.00. The Balaban J connectivity index is 2.90. The molecule has 0 fully saturated rings. The van der Waals surface area contributed by atoms with Crippen molar-refractivity contribution in [2.24, 2.45) is 5.92 Å². The third kappa shape index (κ3) is 2.00. The maximum Gasteiger partial charge on any atom is 0.231 e. The molecule has 5 nitrogen and oxygen atoms in total. The number of ketones is 1. The summed E-state index contributed by atoms with van der Waals surface area (Å²) >= 11 is 0. The van der Waals surface area contributed by atoms with Crippen LogP contribution in [0.25, 0.3) is 0 Å². The highest BCUT2D eigenvalue weighted by molar-refractivity contribution is 6.13. The maximum absolute atomic E-state index is 12.6. The largest absolute Gasteiger partial charge is 0.508 e. The van der Waals surface area contributed by atoms with Crippen LogP contribution >= 0.6 is 0 Å². The highest BCUT2D eigenvalue weighted by Gasteiger charge is 2.45. The lowest BCUT2D eigenvalue weighted by molar-refractivity contribution is 0.0636. The Labute approximate surface area is 123 Å². The van der Waals surface area contributed by atoms with Crippen molar-refractivity contribution in [1.29, 1.82) is 0 Å². The van der Waals surface area contributed by atoms with Crippen LogP contribution in [0.5, 0.6) is 11.5 Å². The molecule has 1 aromatic carbocycles. The van der Waals surface area contributed by atoms with Crippen LogP contribution in [-0.4, -0.2) is 28.2 Å². The Morgan fingerprint density at radius 3 is 2.33 bits per heavy atom. The molecule has 2 rings (SSSR count). The van der Waals surface area contributed by atoms with E-state index in [1.54, 1.807) is 0 Å². The van der Waals surface area contributed by atoms with Crippen molar-refractivity contribution in [3.8, 4) is 11.5 Å². The van der Waals surface area contributed by atoms with Gasteiger partial charge in [-0.1, -0.05) is 13.8 Å². The molecular formula is C16H20O5. The van der Waals surface area contributed by atoms with Gasteiger partial charge < -0.3 is 20.1 Å². The molecule has 0 saturated carbocycles. The number of phenolic OH excluding ortho intramolecular Hbond substituents is 2. The third-order valence-electron chi connectivity index (χ3n) is 4.03. The van der Waals surface area contributed by atoms with Crippen LogP contribution in [0.15, 0.2) is 17.4 Å². The number of phenols is 2. The van der Waals surface area contributed by atoms with E-state index in [1.165, 1.54) is 27.0 Å². The maximum atomic E-state index is 12.6. The van der Waals surface area contributed by atoms with Crippen molar-refractivity contribution in [2.45, 2.75) is 33.3 Å². The lowest BCUT2D eigenvalue weighted by Crippen LogP contribution is -2.36. The molecule has 0 aliphatic heterocycles. The molecule has 0 saturated heterocycles. The zero-order valence-electron chi connectivity index (χ0n) is 12.8. The van der Waals surface area contributed by atoms with Crippen LogP contribution in [0.1, 0.15) is 42.3 Å². The van der Waals surface area contributed by atoms with Crippen LogP contribution in [0, 0.1) is 12.8 Å². The van der Waals surface area contributed by atoms with Gasteiger partial charge >= 0.3 is 0 Å². The molecule has 3 N–H and O–H groups in total. The van der Waals surface area contributed by atoms with E-state index in [1.807, 2.05) is 13.8 Å². The zero-order chi connectivity index (χ0) is 16.1. The number of carbonyl (C=O) groups is 1. The van der Waals surface area contributed by atoms with Gasteiger partial charge in [0.1, 0.15) is 17.1 Å². The van der Waals surface area contributed by atoms with Gasteiger partial charge in [-0.15, -0.1) is 0 Å². The van der Waals surface area contributed by atoms with Crippen molar-refractivity contribution in [2.75, 3.05) is 7.11 Å². The molecule has 1 aliphatic rings. The van der Waals surface area contributed by atoms with Crippen LogP contribution in [0.3, 0.4) is 0 Å². The Bertz CT molecular complexity index is 653. The molecule has 5 heteroatoms.